The predicted molar refractivity (Wildman–Crippen MR) is 97.1 cm³/mol. The zero-order valence-electron chi connectivity index (χ0n) is 14.5. The summed E-state index contributed by atoms with van der Waals surface area (Å²) in [5.74, 6) is 0. The molecule has 0 spiro atoms. The highest BCUT2D eigenvalue weighted by atomic mass is 16.5. The van der Waals surface area contributed by atoms with E-state index in [9.17, 15) is 4.79 Å². The number of benzene rings is 2. The molecule has 4 nitrogen and oxygen atoms in total. The molecular weight excluding hydrogens is 300 g/mol. The van der Waals surface area contributed by atoms with Gasteiger partial charge in [-0.2, -0.15) is 0 Å². The van der Waals surface area contributed by atoms with Crippen LogP contribution in [-0.4, -0.2) is 36.7 Å². The van der Waals surface area contributed by atoms with Crippen molar-refractivity contribution in [1.82, 2.24) is 10.2 Å². The number of hydrogen-bond acceptors (Lipinski definition) is 2. The van der Waals surface area contributed by atoms with Gasteiger partial charge in [-0.25, -0.2) is 4.79 Å². The molecule has 0 radical (unpaired) electrons. The molecule has 0 saturated carbocycles. The van der Waals surface area contributed by atoms with Crippen LogP contribution < -0.4 is 5.32 Å². The van der Waals surface area contributed by atoms with Crippen LogP contribution in [0.4, 0.5) is 4.79 Å². The number of likely N-dealkylation sites (tertiary alicyclic amines) is 1. The molecule has 1 aliphatic heterocycles. The second-order valence-electron chi connectivity index (χ2n) is 6.41. The van der Waals surface area contributed by atoms with Crippen LogP contribution in [0.25, 0.3) is 10.8 Å². The molecule has 1 fully saturated rings. The third-order valence-corrected chi connectivity index (χ3v) is 4.70. The second kappa shape index (κ2) is 7.67. The Morgan fingerprint density at radius 3 is 2.92 bits per heavy atom. The second-order valence-corrected chi connectivity index (χ2v) is 6.41. The summed E-state index contributed by atoms with van der Waals surface area (Å²) >= 11 is 0. The minimum Gasteiger partial charge on any atom is -0.377 e. The normalized spacial score (nSPS) is 19.2. The summed E-state index contributed by atoms with van der Waals surface area (Å²) < 4.78 is 5.69. The van der Waals surface area contributed by atoms with E-state index in [0.717, 1.165) is 24.9 Å². The van der Waals surface area contributed by atoms with Gasteiger partial charge in [-0.1, -0.05) is 42.5 Å². The summed E-state index contributed by atoms with van der Waals surface area (Å²) in [5.41, 5.74) is 1.15. The van der Waals surface area contributed by atoms with Gasteiger partial charge >= 0.3 is 6.03 Å². The predicted octanol–water partition coefficient (Wildman–Crippen LogP) is 4.11. The van der Waals surface area contributed by atoms with Crippen LogP contribution in [0.5, 0.6) is 0 Å². The topological polar surface area (TPSA) is 41.6 Å². The number of nitrogens with zero attached hydrogens (tertiary/aromatic N) is 1. The molecule has 0 aliphatic carbocycles. The quantitative estimate of drug-likeness (QED) is 0.918. The molecule has 1 saturated heterocycles. The molecule has 128 valence electrons. The number of piperidine rings is 1. The van der Waals surface area contributed by atoms with Gasteiger partial charge in [-0.15, -0.1) is 0 Å². The molecule has 24 heavy (non-hydrogen) atoms. The number of nitrogens with one attached hydrogen (secondary N) is 1. The van der Waals surface area contributed by atoms with Crippen LogP contribution in [-0.2, 0) is 4.74 Å². The third kappa shape index (κ3) is 3.70. The molecule has 0 aromatic heterocycles. The summed E-state index contributed by atoms with van der Waals surface area (Å²) in [6.45, 7) is 6.23. The Morgan fingerprint density at radius 2 is 2.08 bits per heavy atom. The van der Waals surface area contributed by atoms with Crippen molar-refractivity contribution in [3.8, 4) is 0 Å². The first-order valence-corrected chi connectivity index (χ1v) is 8.83. The van der Waals surface area contributed by atoms with Gasteiger partial charge in [0, 0.05) is 19.7 Å². The Hall–Kier alpha value is -2.07. The van der Waals surface area contributed by atoms with E-state index < -0.39 is 0 Å². The summed E-state index contributed by atoms with van der Waals surface area (Å²) in [5, 5.41) is 5.54. The molecular formula is C20H26N2O2. The number of amides is 2. The van der Waals surface area contributed by atoms with Crippen LogP contribution in [0.2, 0.25) is 0 Å². The monoisotopic (exact) mass is 326 g/mol. The van der Waals surface area contributed by atoms with Crippen LogP contribution in [0.3, 0.4) is 0 Å². The molecule has 2 atom stereocenters. The van der Waals surface area contributed by atoms with Gasteiger partial charge in [0.25, 0.3) is 0 Å². The maximum atomic E-state index is 12.6. The van der Waals surface area contributed by atoms with Gasteiger partial charge in [-0.3, -0.25) is 0 Å². The minimum atomic E-state index is -0.0314. The van der Waals surface area contributed by atoms with Gasteiger partial charge in [0.1, 0.15) is 0 Å². The standard InChI is InChI=1S/C20H26N2O2/c1-3-24-17-10-7-13-22(14-17)20(23)21-15(2)18-12-6-9-16-8-4-5-11-19(16)18/h4-6,8-9,11-12,15,17H,3,7,10,13-14H2,1-2H3,(H,21,23). The van der Waals surface area contributed by atoms with Gasteiger partial charge in [-0.05, 0) is 43.0 Å². The minimum absolute atomic E-state index is 0.000151. The Balaban J connectivity index is 1.69. The average molecular weight is 326 g/mol. The van der Waals surface area contributed by atoms with Gasteiger partial charge in [0.15, 0.2) is 0 Å². The Kier molecular flexibility index (Phi) is 5.36. The SMILES string of the molecule is CCOC1CCCN(C(=O)NC(C)c2cccc3ccccc23)C1. The number of carbonyl (C=O) groups excluding carboxylic acids is 1. The van der Waals surface area contributed by atoms with Crippen molar-refractivity contribution >= 4 is 16.8 Å². The largest absolute Gasteiger partial charge is 0.377 e. The fourth-order valence-electron chi connectivity index (χ4n) is 3.48. The first-order valence-electron chi connectivity index (χ1n) is 8.83. The lowest BCUT2D eigenvalue weighted by Gasteiger charge is -2.33. The molecule has 1 heterocycles. The van der Waals surface area contributed by atoms with E-state index in [1.54, 1.807) is 0 Å². The van der Waals surface area contributed by atoms with Crippen molar-refractivity contribution in [2.24, 2.45) is 0 Å². The lowest BCUT2D eigenvalue weighted by atomic mass is 10.00. The summed E-state index contributed by atoms with van der Waals surface area (Å²) in [7, 11) is 0. The van der Waals surface area contributed by atoms with Crippen molar-refractivity contribution < 1.29 is 9.53 Å². The molecule has 4 heteroatoms. The maximum absolute atomic E-state index is 12.6. The number of hydrogen-bond donors (Lipinski definition) is 1. The van der Waals surface area contributed by atoms with Gasteiger partial charge < -0.3 is 15.0 Å². The van der Waals surface area contributed by atoms with Crippen LogP contribution in [0.1, 0.15) is 38.3 Å². The first-order chi connectivity index (χ1) is 11.7. The van der Waals surface area contributed by atoms with E-state index in [2.05, 4.69) is 29.6 Å². The Morgan fingerprint density at radius 1 is 1.29 bits per heavy atom. The van der Waals surface area contributed by atoms with Gasteiger partial charge in [0.2, 0.25) is 0 Å². The Labute approximate surface area is 143 Å². The lowest BCUT2D eigenvalue weighted by Crippen LogP contribution is -2.48. The van der Waals surface area contributed by atoms with E-state index in [-0.39, 0.29) is 18.2 Å². The molecule has 2 amide bonds. The number of rotatable bonds is 4. The van der Waals surface area contributed by atoms with Crippen LogP contribution in [0, 0.1) is 0 Å². The average Bonchev–Trinajstić information content (AvgIpc) is 2.61. The van der Waals surface area contributed by atoms with E-state index in [1.165, 1.54) is 10.8 Å². The first kappa shape index (κ1) is 16.8. The zero-order chi connectivity index (χ0) is 16.9. The Bertz CT molecular complexity index is 694. The highest BCUT2D eigenvalue weighted by Gasteiger charge is 2.25. The summed E-state index contributed by atoms with van der Waals surface area (Å²) in [4.78, 5) is 14.5. The number of carbonyl (C=O) groups is 1. The van der Waals surface area contributed by atoms with Crippen molar-refractivity contribution in [3.05, 3.63) is 48.0 Å². The maximum Gasteiger partial charge on any atom is 0.317 e. The fraction of sp³-hybridized carbons (Fsp3) is 0.450. The number of fused-ring (bicyclic) bond motifs is 1. The van der Waals surface area contributed by atoms with Crippen molar-refractivity contribution in [2.75, 3.05) is 19.7 Å². The lowest BCUT2D eigenvalue weighted by molar-refractivity contribution is 0.0162. The number of urea groups is 1. The molecule has 2 aromatic carbocycles. The molecule has 3 rings (SSSR count). The summed E-state index contributed by atoms with van der Waals surface area (Å²) in [6, 6.07) is 14.5. The highest BCUT2D eigenvalue weighted by molar-refractivity contribution is 5.86. The van der Waals surface area contributed by atoms with E-state index >= 15 is 0 Å². The third-order valence-electron chi connectivity index (χ3n) is 4.70. The van der Waals surface area contributed by atoms with Crippen molar-refractivity contribution in [3.63, 3.8) is 0 Å². The fourth-order valence-corrected chi connectivity index (χ4v) is 3.48. The van der Waals surface area contributed by atoms with Crippen LogP contribution >= 0.6 is 0 Å². The van der Waals surface area contributed by atoms with E-state index in [4.69, 9.17) is 4.74 Å². The zero-order valence-corrected chi connectivity index (χ0v) is 14.5. The molecule has 1 aliphatic rings. The van der Waals surface area contributed by atoms with Crippen molar-refractivity contribution in [2.45, 2.75) is 38.8 Å². The number of ether oxygens (including phenoxy) is 1. The van der Waals surface area contributed by atoms with E-state index in [1.807, 2.05) is 36.9 Å². The van der Waals surface area contributed by atoms with Crippen molar-refractivity contribution in [1.29, 1.82) is 0 Å². The summed E-state index contributed by atoms with van der Waals surface area (Å²) in [6.07, 6.45) is 2.21. The highest BCUT2D eigenvalue weighted by Crippen LogP contribution is 2.24. The molecule has 2 unspecified atom stereocenters. The smallest absolute Gasteiger partial charge is 0.317 e. The molecule has 0 bridgehead atoms. The molecule has 2 aromatic rings. The van der Waals surface area contributed by atoms with Crippen LogP contribution in [0.15, 0.2) is 42.5 Å². The molecule has 1 N–H and O–H groups in total. The van der Waals surface area contributed by atoms with E-state index in [0.29, 0.717) is 13.2 Å². The van der Waals surface area contributed by atoms with Gasteiger partial charge in [0.05, 0.1) is 12.1 Å².